The molecule has 0 atom stereocenters. The molecule has 1 aromatic carbocycles. The van der Waals surface area contributed by atoms with Gasteiger partial charge in [-0.3, -0.25) is 0 Å². The van der Waals surface area contributed by atoms with Gasteiger partial charge in [0.2, 0.25) is 0 Å². The number of piperidine rings is 1. The van der Waals surface area contributed by atoms with Gasteiger partial charge in [0.1, 0.15) is 0 Å². The largest absolute Gasteiger partial charge is 0.373 e. The van der Waals surface area contributed by atoms with Crippen LogP contribution in [-0.4, -0.2) is 19.2 Å². The van der Waals surface area contributed by atoms with Gasteiger partial charge in [0.15, 0.2) is 0 Å². The lowest BCUT2D eigenvalue weighted by atomic mass is 10.1. The van der Waals surface area contributed by atoms with E-state index >= 15 is 0 Å². The second-order valence-corrected chi connectivity index (χ2v) is 5.13. The first-order valence-corrected chi connectivity index (χ1v) is 6.49. The molecule has 1 aliphatic rings. The highest BCUT2D eigenvalue weighted by Crippen LogP contribution is 2.12. The zero-order valence-corrected chi connectivity index (χ0v) is 10.9. The van der Waals surface area contributed by atoms with Crippen LogP contribution in [0, 0.1) is 3.57 Å². The molecule has 0 aliphatic carbocycles. The Morgan fingerprint density at radius 3 is 2.53 bits per heavy atom. The van der Waals surface area contributed by atoms with Gasteiger partial charge in [-0.05, 0) is 66.2 Å². The maximum atomic E-state index is 5.87. The predicted molar refractivity (Wildman–Crippen MR) is 69.8 cm³/mol. The fourth-order valence-corrected chi connectivity index (χ4v) is 2.12. The summed E-state index contributed by atoms with van der Waals surface area (Å²) in [6.45, 7) is 2.94. The topological polar surface area (TPSA) is 21.3 Å². The minimum absolute atomic E-state index is 0.450. The van der Waals surface area contributed by atoms with E-state index in [2.05, 4.69) is 52.2 Å². The second kappa shape index (κ2) is 5.82. The first kappa shape index (κ1) is 11.4. The average Bonchev–Trinajstić information content (AvgIpc) is 2.30. The smallest absolute Gasteiger partial charge is 0.0720 e. The van der Waals surface area contributed by atoms with Crippen molar-refractivity contribution < 1.29 is 4.74 Å². The Balaban J connectivity index is 1.79. The van der Waals surface area contributed by atoms with Gasteiger partial charge in [0.05, 0.1) is 12.7 Å². The van der Waals surface area contributed by atoms with Crippen molar-refractivity contribution in [3.63, 3.8) is 0 Å². The number of halogens is 1. The summed E-state index contributed by atoms with van der Waals surface area (Å²) in [5.41, 5.74) is 1.27. The lowest BCUT2D eigenvalue weighted by molar-refractivity contribution is 0.0212. The van der Waals surface area contributed by atoms with Gasteiger partial charge in [-0.2, -0.15) is 0 Å². The van der Waals surface area contributed by atoms with E-state index in [4.69, 9.17) is 4.74 Å². The molecule has 1 saturated heterocycles. The molecule has 0 radical (unpaired) electrons. The molecule has 15 heavy (non-hydrogen) atoms. The maximum absolute atomic E-state index is 5.87. The first-order valence-electron chi connectivity index (χ1n) is 5.41. The van der Waals surface area contributed by atoms with Crippen molar-refractivity contribution in [2.24, 2.45) is 0 Å². The molecule has 1 fully saturated rings. The predicted octanol–water partition coefficient (Wildman–Crippen LogP) is 2.56. The zero-order valence-electron chi connectivity index (χ0n) is 8.71. The van der Waals surface area contributed by atoms with E-state index in [0.29, 0.717) is 6.10 Å². The molecule has 0 spiro atoms. The Hall–Kier alpha value is -0.130. The number of ether oxygens (including phenoxy) is 1. The van der Waals surface area contributed by atoms with Crippen LogP contribution in [0.3, 0.4) is 0 Å². The number of rotatable bonds is 3. The van der Waals surface area contributed by atoms with Crippen LogP contribution in [-0.2, 0) is 11.3 Å². The average molecular weight is 317 g/mol. The third kappa shape index (κ3) is 3.74. The highest BCUT2D eigenvalue weighted by atomic mass is 127. The summed E-state index contributed by atoms with van der Waals surface area (Å²) in [6, 6.07) is 8.54. The number of hydrogen-bond acceptors (Lipinski definition) is 2. The van der Waals surface area contributed by atoms with Gasteiger partial charge in [0.25, 0.3) is 0 Å². The summed E-state index contributed by atoms with van der Waals surface area (Å²) in [6.07, 6.45) is 2.74. The van der Waals surface area contributed by atoms with Gasteiger partial charge in [-0.1, -0.05) is 12.1 Å². The molecule has 0 bridgehead atoms. The molecule has 0 saturated carbocycles. The molecule has 1 aromatic rings. The highest BCUT2D eigenvalue weighted by Gasteiger charge is 2.12. The van der Waals surface area contributed by atoms with Crippen LogP contribution in [0.4, 0.5) is 0 Å². The zero-order chi connectivity index (χ0) is 10.5. The molecule has 1 heterocycles. The summed E-state index contributed by atoms with van der Waals surface area (Å²) >= 11 is 2.32. The van der Waals surface area contributed by atoms with Crippen molar-refractivity contribution >= 4 is 22.6 Å². The molecule has 0 unspecified atom stereocenters. The first-order chi connectivity index (χ1) is 7.34. The van der Waals surface area contributed by atoms with E-state index in [0.717, 1.165) is 32.5 Å². The summed E-state index contributed by atoms with van der Waals surface area (Å²) in [5, 5.41) is 3.34. The van der Waals surface area contributed by atoms with Crippen molar-refractivity contribution in [3.05, 3.63) is 33.4 Å². The van der Waals surface area contributed by atoms with Gasteiger partial charge in [-0.25, -0.2) is 0 Å². The van der Waals surface area contributed by atoms with Gasteiger partial charge < -0.3 is 10.1 Å². The molecular formula is C12H16INO. The fourth-order valence-electron chi connectivity index (χ4n) is 1.76. The van der Waals surface area contributed by atoms with Crippen molar-refractivity contribution in [2.45, 2.75) is 25.6 Å². The summed E-state index contributed by atoms with van der Waals surface area (Å²) < 4.78 is 7.14. The van der Waals surface area contributed by atoms with Gasteiger partial charge >= 0.3 is 0 Å². The van der Waals surface area contributed by atoms with E-state index in [-0.39, 0.29) is 0 Å². The minimum atomic E-state index is 0.450. The molecular weight excluding hydrogens is 301 g/mol. The molecule has 2 rings (SSSR count). The van der Waals surface area contributed by atoms with Crippen LogP contribution in [0.1, 0.15) is 18.4 Å². The van der Waals surface area contributed by atoms with E-state index in [1.807, 2.05) is 0 Å². The third-order valence-corrected chi connectivity index (χ3v) is 3.40. The monoisotopic (exact) mass is 317 g/mol. The summed E-state index contributed by atoms with van der Waals surface area (Å²) in [7, 11) is 0. The summed E-state index contributed by atoms with van der Waals surface area (Å²) in [5.74, 6) is 0. The van der Waals surface area contributed by atoms with Crippen molar-refractivity contribution in [1.29, 1.82) is 0 Å². The van der Waals surface area contributed by atoms with Gasteiger partial charge in [0, 0.05) is 3.57 Å². The summed E-state index contributed by atoms with van der Waals surface area (Å²) in [4.78, 5) is 0. The second-order valence-electron chi connectivity index (χ2n) is 3.89. The van der Waals surface area contributed by atoms with E-state index in [9.17, 15) is 0 Å². The van der Waals surface area contributed by atoms with Crippen molar-refractivity contribution in [2.75, 3.05) is 13.1 Å². The van der Waals surface area contributed by atoms with Crippen molar-refractivity contribution in [1.82, 2.24) is 5.32 Å². The Morgan fingerprint density at radius 2 is 1.87 bits per heavy atom. The maximum Gasteiger partial charge on any atom is 0.0720 e. The molecule has 0 amide bonds. The molecule has 1 N–H and O–H groups in total. The number of nitrogens with one attached hydrogen (secondary N) is 1. The normalized spacial score (nSPS) is 17.9. The third-order valence-electron chi connectivity index (χ3n) is 2.69. The molecule has 2 nitrogen and oxygen atoms in total. The van der Waals surface area contributed by atoms with Crippen LogP contribution in [0.5, 0.6) is 0 Å². The minimum Gasteiger partial charge on any atom is -0.373 e. The lowest BCUT2D eigenvalue weighted by Gasteiger charge is -2.22. The Morgan fingerprint density at radius 1 is 1.20 bits per heavy atom. The molecule has 3 heteroatoms. The van der Waals surface area contributed by atoms with E-state index in [1.54, 1.807) is 0 Å². The standard InChI is InChI=1S/C12H16INO/c13-11-3-1-10(2-4-11)9-15-12-5-7-14-8-6-12/h1-4,12,14H,5-9H2. The Labute approximate surface area is 105 Å². The number of hydrogen-bond donors (Lipinski definition) is 1. The van der Waals surface area contributed by atoms with Gasteiger partial charge in [-0.15, -0.1) is 0 Å². The van der Waals surface area contributed by atoms with Crippen LogP contribution in [0.25, 0.3) is 0 Å². The quantitative estimate of drug-likeness (QED) is 0.865. The molecule has 82 valence electrons. The van der Waals surface area contributed by atoms with Crippen molar-refractivity contribution in [3.8, 4) is 0 Å². The molecule has 0 aromatic heterocycles. The van der Waals surface area contributed by atoms with E-state index in [1.165, 1.54) is 9.13 Å². The van der Waals surface area contributed by atoms with Crippen LogP contribution < -0.4 is 5.32 Å². The highest BCUT2D eigenvalue weighted by molar-refractivity contribution is 14.1. The Bertz CT molecular complexity index is 293. The van der Waals surface area contributed by atoms with Crippen LogP contribution in [0.2, 0.25) is 0 Å². The lowest BCUT2D eigenvalue weighted by Crippen LogP contribution is -2.32. The fraction of sp³-hybridized carbons (Fsp3) is 0.500. The van der Waals surface area contributed by atoms with E-state index < -0.39 is 0 Å². The van der Waals surface area contributed by atoms with Crippen LogP contribution >= 0.6 is 22.6 Å². The Kier molecular flexibility index (Phi) is 4.41. The van der Waals surface area contributed by atoms with Crippen LogP contribution in [0.15, 0.2) is 24.3 Å². The molecule has 1 aliphatic heterocycles. The SMILES string of the molecule is Ic1ccc(COC2CCNCC2)cc1. The number of benzene rings is 1.